The monoisotopic (exact) mass is 318 g/mol. The maximum absolute atomic E-state index is 9.79. The highest BCUT2D eigenvalue weighted by Gasteiger charge is 2.10. The van der Waals surface area contributed by atoms with Gasteiger partial charge in [-0.25, -0.2) is 0 Å². The fourth-order valence-electron chi connectivity index (χ4n) is 2.50. The average molecular weight is 318 g/mol. The molecule has 2 aromatic carbocycles. The second kappa shape index (κ2) is 7.63. The van der Waals surface area contributed by atoms with Crippen molar-refractivity contribution in [1.29, 1.82) is 0 Å². The molecule has 0 radical (unpaired) electrons. The second-order valence-corrected chi connectivity index (χ2v) is 5.20. The number of phenols is 2. The molecule has 0 aliphatic carbocycles. The molecule has 0 aromatic heterocycles. The standard InChI is InChI=1S/C18H22O5/c1-21-16-11-15(20)18(23-3)10-13(16)6-4-5-12-7-8-14(19)17(9-12)22-2/h7-11,19-20H,4-6H2,1-3H3. The van der Waals surface area contributed by atoms with Crippen LogP contribution in [0.25, 0.3) is 0 Å². The first-order valence-electron chi connectivity index (χ1n) is 7.38. The predicted molar refractivity (Wildman–Crippen MR) is 87.9 cm³/mol. The van der Waals surface area contributed by atoms with Gasteiger partial charge >= 0.3 is 0 Å². The molecule has 0 saturated heterocycles. The lowest BCUT2D eigenvalue weighted by Gasteiger charge is -2.12. The molecular formula is C18H22O5. The quantitative estimate of drug-likeness (QED) is 0.820. The molecule has 5 heteroatoms. The lowest BCUT2D eigenvalue weighted by Crippen LogP contribution is -1.96. The highest BCUT2D eigenvalue weighted by atomic mass is 16.5. The number of aryl methyl sites for hydroxylation is 2. The normalized spacial score (nSPS) is 10.4. The molecule has 2 rings (SSSR count). The minimum atomic E-state index is 0.0661. The van der Waals surface area contributed by atoms with Crippen LogP contribution in [0, 0.1) is 0 Å². The molecule has 0 unspecified atom stereocenters. The van der Waals surface area contributed by atoms with Crippen molar-refractivity contribution >= 4 is 0 Å². The van der Waals surface area contributed by atoms with E-state index in [1.165, 1.54) is 14.2 Å². The van der Waals surface area contributed by atoms with Crippen molar-refractivity contribution in [3.63, 3.8) is 0 Å². The maximum Gasteiger partial charge on any atom is 0.161 e. The Kier molecular flexibility index (Phi) is 5.57. The van der Waals surface area contributed by atoms with E-state index >= 15 is 0 Å². The zero-order valence-corrected chi connectivity index (χ0v) is 13.6. The van der Waals surface area contributed by atoms with Crippen LogP contribution in [0.4, 0.5) is 0 Å². The zero-order valence-electron chi connectivity index (χ0n) is 13.6. The number of ether oxygens (including phenoxy) is 3. The van der Waals surface area contributed by atoms with Crippen molar-refractivity contribution in [2.24, 2.45) is 0 Å². The smallest absolute Gasteiger partial charge is 0.161 e. The van der Waals surface area contributed by atoms with Crippen LogP contribution in [0.15, 0.2) is 30.3 Å². The molecule has 0 aliphatic rings. The van der Waals surface area contributed by atoms with Crippen LogP contribution in [-0.2, 0) is 12.8 Å². The molecule has 2 N–H and O–H groups in total. The predicted octanol–water partition coefficient (Wildman–Crippen LogP) is 3.30. The Morgan fingerprint density at radius 2 is 1.39 bits per heavy atom. The fourth-order valence-corrected chi connectivity index (χ4v) is 2.50. The van der Waals surface area contributed by atoms with Crippen molar-refractivity contribution in [3.05, 3.63) is 41.5 Å². The van der Waals surface area contributed by atoms with E-state index < -0.39 is 0 Å². The van der Waals surface area contributed by atoms with E-state index in [1.807, 2.05) is 12.1 Å². The van der Waals surface area contributed by atoms with Gasteiger partial charge in [0, 0.05) is 6.07 Å². The SMILES string of the molecule is COc1cc(CCCc2cc(OC)c(O)cc2OC)ccc1O. The van der Waals surface area contributed by atoms with Crippen molar-refractivity contribution in [1.82, 2.24) is 0 Å². The molecule has 23 heavy (non-hydrogen) atoms. The third-order valence-electron chi connectivity index (χ3n) is 3.74. The maximum atomic E-state index is 9.79. The molecule has 0 heterocycles. The molecular weight excluding hydrogens is 296 g/mol. The van der Waals surface area contributed by atoms with Crippen LogP contribution in [0.3, 0.4) is 0 Å². The summed E-state index contributed by atoms with van der Waals surface area (Å²) in [5, 5.41) is 19.4. The summed E-state index contributed by atoms with van der Waals surface area (Å²) in [6, 6.07) is 8.72. The molecule has 5 nitrogen and oxygen atoms in total. The number of hydrogen-bond donors (Lipinski definition) is 2. The minimum absolute atomic E-state index is 0.0661. The summed E-state index contributed by atoms with van der Waals surface area (Å²) in [5.74, 6) is 1.77. The molecule has 0 fully saturated rings. The molecule has 0 amide bonds. The Morgan fingerprint density at radius 1 is 0.739 bits per heavy atom. The summed E-state index contributed by atoms with van der Waals surface area (Å²) < 4.78 is 15.6. The van der Waals surface area contributed by atoms with Crippen molar-refractivity contribution < 1.29 is 24.4 Å². The average Bonchev–Trinajstić information content (AvgIpc) is 2.57. The minimum Gasteiger partial charge on any atom is -0.504 e. The third-order valence-corrected chi connectivity index (χ3v) is 3.74. The Balaban J connectivity index is 2.06. The Bertz CT molecular complexity index is 667. The first-order chi connectivity index (χ1) is 11.1. The number of phenolic OH excluding ortho intramolecular Hbond substituents is 2. The number of rotatable bonds is 7. The summed E-state index contributed by atoms with van der Waals surface area (Å²) in [7, 11) is 4.63. The number of aromatic hydroxyl groups is 2. The summed E-state index contributed by atoms with van der Waals surface area (Å²) in [6.45, 7) is 0. The topological polar surface area (TPSA) is 68.2 Å². The Morgan fingerprint density at radius 3 is 2.04 bits per heavy atom. The van der Waals surface area contributed by atoms with Gasteiger partial charge in [-0.2, -0.15) is 0 Å². The van der Waals surface area contributed by atoms with E-state index in [1.54, 1.807) is 25.3 Å². The van der Waals surface area contributed by atoms with E-state index in [0.717, 1.165) is 30.4 Å². The van der Waals surface area contributed by atoms with Gasteiger partial charge in [-0.1, -0.05) is 6.07 Å². The Labute approximate surface area is 136 Å². The van der Waals surface area contributed by atoms with Crippen molar-refractivity contribution in [2.75, 3.05) is 21.3 Å². The fraction of sp³-hybridized carbons (Fsp3) is 0.333. The Hall–Kier alpha value is -2.56. The molecule has 124 valence electrons. The van der Waals surface area contributed by atoms with Crippen molar-refractivity contribution in [2.45, 2.75) is 19.3 Å². The first kappa shape index (κ1) is 16.8. The first-order valence-corrected chi connectivity index (χ1v) is 7.38. The van der Waals surface area contributed by atoms with Gasteiger partial charge in [0.1, 0.15) is 5.75 Å². The van der Waals surface area contributed by atoms with Gasteiger partial charge in [0.05, 0.1) is 21.3 Å². The van der Waals surface area contributed by atoms with Gasteiger partial charge in [-0.15, -0.1) is 0 Å². The van der Waals surface area contributed by atoms with Crippen LogP contribution in [-0.4, -0.2) is 31.5 Å². The van der Waals surface area contributed by atoms with Crippen LogP contribution < -0.4 is 14.2 Å². The summed E-state index contributed by atoms with van der Waals surface area (Å²) in [6.07, 6.45) is 2.50. The summed E-state index contributed by atoms with van der Waals surface area (Å²) in [4.78, 5) is 0. The van der Waals surface area contributed by atoms with Gasteiger partial charge in [0.15, 0.2) is 23.0 Å². The van der Waals surface area contributed by atoms with E-state index in [4.69, 9.17) is 14.2 Å². The highest BCUT2D eigenvalue weighted by Crippen LogP contribution is 2.34. The van der Waals surface area contributed by atoms with E-state index in [9.17, 15) is 10.2 Å². The summed E-state index contributed by atoms with van der Waals surface area (Å²) >= 11 is 0. The largest absolute Gasteiger partial charge is 0.504 e. The molecule has 0 bridgehead atoms. The van der Waals surface area contributed by atoms with E-state index in [0.29, 0.717) is 17.2 Å². The van der Waals surface area contributed by atoms with Gasteiger partial charge < -0.3 is 24.4 Å². The zero-order chi connectivity index (χ0) is 16.8. The van der Waals surface area contributed by atoms with Crippen LogP contribution in [0.5, 0.6) is 28.7 Å². The van der Waals surface area contributed by atoms with Crippen molar-refractivity contribution in [3.8, 4) is 28.7 Å². The van der Waals surface area contributed by atoms with E-state index in [2.05, 4.69) is 0 Å². The van der Waals surface area contributed by atoms with Crippen LogP contribution >= 0.6 is 0 Å². The lowest BCUT2D eigenvalue weighted by atomic mass is 10.0. The number of hydrogen-bond acceptors (Lipinski definition) is 5. The van der Waals surface area contributed by atoms with Gasteiger partial charge in [-0.05, 0) is 48.6 Å². The van der Waals surface area contributed by atoms with Gasteiger partial charge in [0.2, 0.25) is 0 Å². The van der Waals surface area contributed by atoms with Crippen LogP contribution in [0.2, 0.25) is 0 Å². The summed E-state index contributed by atoms with van der Waals surface area (Å²) in [5.41, 5.74) is 2.07. The molecule has 0 atom stereocenters. The van der Waals surface area contributed by atoms with Crippen LogP contribution in [0.1, 0.15) is 17.5 Å². The lowest BCUT2D eigenvalue weighted by molar-refractivity contribution is 0.363. The number of methoxy groups -OCH3 is 3. The third kappa shape index (κ3) is 4.00. The highest BCUT2D eigenvalue weighted by molar-refractivity contribution is 5.50. The molecule has 0 spiro atoms. The molecule has 0 aliphatic heterocycles. The molecule has 2 aromatic rings. The second-order valence-electron chi connectivity index (χ2n) is 5.20. The van der Waals surface area contributed by atoms with Gasteiger partial charge in [-0.3, -0.25) is 0 Å². The molecule has 0 saturated carbocycles. The van der Waals surface area contributed by atoms with Gasteiger partial charge in [0.25, 0.3) is 0 Å². The van der Waals surface area contributed by atoms with E-state index in [-0.39, 0.29) is 11.5 Å². The number of benzene rings is 2.